The number of methoxy groups -OCH3 is 1. The number of likely N-dealkylation sites (tertiary alicyclic amines) is 2. The highest BCUT2D eigenvalue weighted by atomic mass is 32.2. The van der Waals surface area contributed by atoms with Gasteiger partial charge in [0.25, 0.3) is 5.91 Å². The second-order valence-corrected chi connectivity index (χ2v) is 13.3. The Balaban J connectivity index is 0.000000266. The van der Waals surface area contributed by atoms with Crippen LogP contribution >= 0.6 is 11.8 Å². The highest BCUT2D eigenvalue weighted by molar-refractivity contribution is 7.98. The monoisotopic (exact) mass is 656 g/mol. The maximum absolute atomic E-state index is 13.6. The van der Waals surface area contributed by atoms with E-state index in [-0.39, 0.29) is 27.8 Å². The summed E-state index contributed by atoms with van der Waals surface area (Å²) in [5, 5.41) is 3.20. The number of benzene rings is 3. The summed E-state index contributed by atoms with van der Waals surface area (Å²) in [7, 11) is 5.45. The molecule has 2 aliphatic rings. The van der Waals surface area contributed by atoms with Gasteiger partial charge in [-0.15, -0.1) is 11.8 Å². The molecular weight excluding hydrogens is 609 g/mol. The smallest absolute Gasteiger partial charge is 0.416 e. The number of piperidine rings is 2. The Kier molecular flexibility index (Phi) is 11.5. The molecule has 0 aromatic heterocycles. The van der Waals surface area contributed by atoms with Crippen molar-refractivity contribution < 1.29 is 22.7 Å². The van der Waals surface area contributed by atoms with E-state index in [1.165, 1.54) is 19.1 Å². The van der Waals surface area contributed by atoms with Crippen molar-refractivity contribution in [3.05, 3.63) is 95.1 Å². The van der Waals surface area contributed by atoms with Gasteiger partial charge >= 0.3 is 6.18 Å². The van der Waals surface area contributed by atoms with Gasteiger partial charge < -0.3 is 25.6 Å². The molecule has 0 saturated carbocycles. The van der Waals surface area contributed by atoms with Crippen LogP contribution in [0.5, 0.6) is 5.75 Å². The predicted octanol–water partition coefficient (Wildman–Crippen LogP) is 7.13. The molecular formula is C36H47F3N4O2S. The van der Waals surface area contributed by atoms with Crippen LogP contribution < -0.4 is 15.8 Å². The molecule has 250 valence electrons. The Labute approximate surface area is 275 Å². The Morgan fingerprint density at radius 3 is 2.00 bits per heavy atom. The first kappa shape index (κ1) is 35.8. The van der Waals surface area contributed by atoms with Gasteiger partial charge in [-0.25, -0.2) is 0 Å². The van der Waals surface area contributed by atoms with Crippen LogP contribution in [-0.4, -0.2) is 68.3 Å². The predicted molar refractivity (Wildman–Crippen MR) is 180 cm³/mol. The Hall–Kier alpha value is -3.05. The lowest BCUT2D eigenvalue weighted by molar-refractivity contribution is -0.137. The van der Waals surface area contributed by atoms with E-state index in [2.05, 4.69) is 60.3 Å². The molecule has 4 atom stereocenters. The van der Waals surface area contributed by atoms with E-state index in [0.717, 1.165) is 61.8 Å². The number of amides is 1. The van der Waals surface area contributed by atoms with Crippen LogP contribution in [0.25, 0.3) is 0 Å². The summed E-state index contributed by atoms with van der Waals surface area (Å²) >= 11 is 1.09. The summed E-state index contributed by atoms with van der Waals surface area (Å²) in [5.41, 5.74) is 7.25. The van der Waals surface area contributed by atoms with Crippen LogP contribution in [0.1, 0.15) is 66.6 Å². The normalized spacial score (nSPS) is 25.7. The zero-order chi connectivity index (χ0) is 33.7. The summed E-state index contributed by atoms with van der Waals surface area (Å²) in [6, 6.07) is 22.5. The lowest BCUT2D eigenvalue weighted by atomic mass is 9.76. The number of nitrogens with one attached hydrogen (secondary N) is 1. The highest BCUT2D eigenvalue weighted by Crippen LogP contribution is 2.41. The van der Waals surface area contributed by atoms with Gasteiger partial charge in [-0.3, -0.25) is 4.79 Å². The van der Waals surface area contributed by atoms with Crippen molar-refractivity contribution in [1.29, 1.82) is 0 Å². The molecule has 3 aromatic rings. The van der Waals surface area contributed by atoms with Crippen LogP contribution in [0.15, 0.2) is 77.7 Å². The molecule has 46 heavy (non-hydrogen) atoms. The van der Waals surface area contributed by atoms with Crippen LogP contribution in [0, 0.1) is 0 Å². The van der Waals surface area contributed by atoms with Crippen LogP contribution in [0.4, 0.5) is 13.2 Å². The van der Waals surface area contributed by atoms with Crippen molar-refractivity contribution in [3.63, 3.8) is 0 Å². The average molecular weight is 657 g/mol. The Morgan fingerprint density at radius 1 is 0.913 bits per heavy atom. The molecule has 5 rings (SSSR count). The zero-order valence-corrected chi connectivity index (χ0v) is 28.5. The van der Waals surface area contributed by atoms with Gasteiger partial charge in [-0.2, -0.15) is 13.2 Å². The fourth-order valence-corrected chi connectivity index (χ4v) is 7.50. The first-order valence-electron chi connectivity index (χ1n) is 15.7. The van der Waals surface area contributed by atoms with Crippen molar-refractivity contribution in [1.82, 2.24) is 15.1 Å². The zero-order valence-electron chi connectivity index (χ0n) is 27.7. The summed E-state index contributed by atoms with van der Waals surface area (Å²) < 4.78 is 45.2. The number of hydrogen-bond donors (Lipinski definition) is 2. The van der Waals surface area contributed by atoms with Crippen molar-refractivity contribution in [3.8, 4) is 5.75 Å². The summed E-state index contributed by atoms with van der Waals surface area (Å²) in [6.07, 6.45) is 1.00. The minimum absolute atomic E-state index is 0.00854. The number of alkyl halides is 3. The van der Waals surface area contributed by atoms with Gasteiger partial charge in [-0.1, -0.05) is 60.7 Å². The molecule has 2 aliphatic heterocycles. The minimum atomic E-state index is -4.53. The third-order valence-corrected chi connectivity index (χ3v) is 10.7. The molecule has 0 aliphatic carbocycles. The molecule has 0 radical (unpaired) electrons. The minimum Gasteiger partial charge on any atom is -0.496 e. The van der Waals surface area contributed by atoms with Gasteiger partial charge in [0.15, 0.2) is 0 Å². The van der Waals surface area contributed by atoms with Gasteiger partial charge in [0.2, 0.25) is 0 Å². The van der Waals surface area contributed by atoms with Gasteiger partial charge in [-0.05, 0) is 96.2 Å². The average Bonchev–Trinajstić information content (AvgIpc) is 3.05. The van der Waals surface area contributed by atoms with Crippen molar-refractivity contribution >= 4 is 17.7 Å². The topological polar surface area (TPSA) is 70.8 Å². The van der Waals surface area contributed by atoms with Gasteiger partial charge in [0, 0.05) is 17.0 Å². The first-order chi connectivity index (χ1) is 21.8. The SMILES string of the molecule is CC1N(C)CCCC1(N)c1ccccc1.COc1cc(C(F)(F)F)cc(SC)c1C(=O)NC1(c2ccccc2)CCCN(C)C1C. The van der Waals surface area contributed by atoms with E-state index in [1.807, 2.05) is 43.4 Å². The standard InChI is InChI=1S/C23H27F3N2O2S.C13H20N2/c1-15-22(11-8-12-28(15)2,16-9-6-5-7-10-16)27-21(29)20-18(30-3)13-17(23(24,25)26)14-19(20)31-4;1-11-13(14,9-6-10-15(11)2)12-7-4-3-5-8-12/h5-7,9-10,13-15H,8,11-12H2,1-4H3,(H,27,29);3-5,7-8,11H,6,9-10,14H2,1-2H3. The second kappa shape index (κ2) is 14.8. The number of thioether (sulfide) groups is 1. The van der Waals surface area contributed by atoms with E-state index in [1.54, 1.807) is 6.26 Å². The van der Waals surface area contributed by atoms with Crippen LogP contribution in [-0.2, 0) is 17.3 Å². The number of carbonyl (C=O) groups excluding carboxylic acids is 1. The van der Waals surface area contributed by atoms with Crippen LogP contribution in [0.2, 0.25) is 0 Å². The maximum atomic E-state index is 13.6. The van der Waals surface area contributed by atoms with Crippen LogP contribution in [0.3, 0.4) is 0 Å². The number of hydrogen-bond acceptors (Lipinski definition) is 6. The molecule has 2 saturated heterocycles. The number of carbonyl (C=O) groups is 1. The van der Waals surface area contributed by atoms with Gasteiger partial charge in [0.05, 0.1) is 29.3 Å². The molecule has 0 bridgehead atoms. The molecule has 3 aromatic carbocycles. The van der Waals surface area contributed by atoms with E-state index in [4.69, 9.17) is 10.5 Å². The third-order valence-electron chi connectivity index (χ3n) is 9.96. The molecule has 4 unspecified atom stereocenters. The number of halogens is 3. The third kappa shape index (κ3) is 7.40. The number of rotatable bonds is 6. The van der Waals surface area contributed by atoms with Gasteiger partial charge in [0.1, 0.15) is 5.75 Å². The number of nitrogens with two attached hydrogens (primary N) is 1. The molecule has 1 amide bonds. The van der Waals surface area contributed by atoms with Crippen molar-refractivity contribution in [2.45, 2.75) is 73.8 Å². The van der Waals surface area contributed by atoms with E-state index >= 15 is 0 Å². The summed E-state index contributed by atoms with van der Waals surface area (Å²) in [4.78, 5) is 18.3. The first-order valence-corrected chi connectivity index (χ1v) is 17.0. The second-order valence-electron chi connectivity index (χ2n) is 12.5. The fourth-order valence-electron chi connectivity index (χ4n) is 6.86. The molecule has 0 spiro atoms. The fraction of sp³-hybridized carbons (Fsp3) is 0.472. The van der Waals surface area contributed by atoms with Crippen molar-refractivity contribution in [2.24, 2.45) is 5.73 Å². The lowest BCUT2D eigenvalue weighted by Crippen LogP contribution is -2.61. The molecule has 3 N–H and O–H groups in total. The molecule has 10 heteroatoms. The summed E-state index contributed by atoms with van der Waals surface area (Å²) in [6.45, 7) is 6.36. The lowest BCUT2D eigenvalue weighted by Gasteiger charge is -2.48. The summed E-state index contributed by atoms with van der Waals surface area (Å²) in [5.74, 6) is -0.530. The van der Waals surface area contributed by atoms with Crippen molar-refractivity contribution in [2.75, 3.05) is 40.6 Å². The number of likely N-dealkylation sites (N-methyl/N-ethyl adjacent to an activating group) is 2. The molecule has 2 fully saturated rings. The Bertz CT molecular complexity index is 1430. The number of nitrogens with zero attached hydrogens (tertiary/aromatic N) is 2. The quantitative estimate of drug-likeness (QED) is 0.275. The highest BCUT2D eigenvalue weighted by Gasteiger charge is 2.44. The van der Waals surface area contributed by atoms with E-state index in [0.29, 0.717) is 6.04 Å². The maximum Gasteiger partial charge on any atom is 0.416 e. The number of ether oxygens (including phenoxy) is 1. The van der Waals surface area contributed by atoms with E-state index in [9.17, 15) is 18.0 Å². The molecule has 2 heterocycles. The largest absolute Gasteiger partial charge is 0.496 e. The Morgan fingerprint density at radius 2 is 1.46 bits per heavy atom. The molecule has 6 nitrogen and oxygen atoms in total. The van der Waals surface area contributed by atoms with E-state index < -0.39 is 23.2 Å².